The molecule has 2 aliphatic rings. The van der Waals surface area contributed by atoms with E-state index in [2.05, 4.69) is 29.9 Å². The van der Waals surface area contributed by atoms with E-state index >= 15 is 0 Å². The lowest BCUT2D eigenvalue weighted by Gasteiger charge is -2.32. The maximum absolute atomic E-state index is 13.3. The highest BCUT2D eigenvalue weighted by Gasteiger charge is 2.31. The maximum atomic E-state index is 13.3. The Morgan fingerprint density at radius 1 is 1.29 bits per heavy atom. The second kappa shape index (κ2) is 9.66. The second-order valence-electron chi connectivity index (χ2n) is 8.47. The third kappa shape index (κ3) is 4.67. The molecular formula is C24H33N5O2. The molecule has 4 rings (SSSR count). The molecule has 1 aliphatic heterocycles. The number of allylic oxidation sites excluding steroid dienone is 1. The minimum Gasteiger partial charge on any atom is -0.496 e. The summed E-state index contributed by atoms with van der Waals surface area (Å²) in [5.74, 6) is 0.966. The zero-order valence-corrected chi connectivity index (χ0v) is 18.6. The van der Waals surface area contributed by atoms with Gasteiger partial charge >= 0.3 is 0 Å². The number of amides is 1. The Morgan fingerprint density at radius 3 is 2.81 bits per heavy atom. The van der Waals surface area contributed by atoms with E-state index in [9.17, 15) is 4.79 Å². The molecule has 1 N–H and O–H groups in total. The number of likely N-dealkylation sites (N-methyl/N-ethyl adjacent to an activating group) is 1. The van der Waals surface area contributed by atoms with Crippen LogP contribution in [-0.4, -0.2) is 71.9 Å². The summed E-state index contributed by atoms with van der Waals surface area (Å²) in [6, 6.07) is 8.40. The minimum atomic E-state index is 0.0672. The van der Waals surface area contributed by atoms with E-state index in [1.165, 1.54) is 5.69 Å². The van der Waals surface area contributed by atoms with Crippen molar-refractivity contribution in [2.75, 3.05) is 40.3 Å². The second-order valence-corrected chi connectivity index (χ2v) is 8.47. The Balaban J connectivity index is 1.51. The molecule has 166 valence electrons. The van der Waals surface area contributed by atoms with Crippen molar-refractivity contribution in [2.45, 2.75) is 38.4 Å². The van der Waals surface area contributed by atoms with Crippen LogP contribution in [0.25, 0.3) is 0 Å². The van der Waals surface area contributed by atoms with Crippen molar-refractivity contribution in [2.24, 2.45) is 0 Å². The van der Waals surface area contributed by atoms with Crippen LogP contribution in [0, 0.1) is 0 Å². The van der Waals surface area contributed by atoms with Gasteiger partial charge in [0.05, 0.1) is 13.7 Å². The fourth-order valence-corrected chi connectivity index (χ4v) is 4.57. The first-order chi connectivity index (χ1) is 15.1. The van der Waals surface area contributed by atoms with Gasteiger partial charge in [0, 0.05) is 55.6 Å². The highest BCUT2D eigenvalue weighted by molar-refractivity contribution is 5.94. The summed E-state index contributed by atoms with van der Waals surface area (Å²) in [6.07, 6.45) is 4.60. The van der Waals surface area contributed by atoms with Crippen molar-refractivity contribution >= 4 is 5.91 Å². The molecule has 1 aromatic heterocycles. The Kier molecular flexibility index (Phi) is 6.73. The van der Waals surface area contributed by atoms with Crippen LogP contribution in [0.3, 0.4) is 0 Å². The summed E-state index contributed by atoms with van der Waals surface area (Å²) in [7, 11) is 3.80. The maximum Gasteiger partial charge on any atom is 0.274 e. The molecule has 0 saturated carbocycles. The number of hydrogen-bond acceptors (Lipinski definition) is 5. The van der Waals surface area contributed by atoms with E-state index in [-0.39, 0.29) is 5.91 Å². The van der Waals surface area contributed by atoms with Crippen LogP contribution < -0.4 is 10.1 Å². The average Bonchev–Trinajstić information content (AvgIpc) is 3.16. The molecule has 1 fully saturated rings. The fourth-order valence-electron chi connectivity index (χ4n) is 4.57. The van der Waals surface area contributed by atoms with Crippen LogP contribution in [0.15, 0.2) is 36.9 Å². The number of piperazine rings is 1. The number of hydrogen-bond donors (Lipinski definition) is 1. The highest BCUT2D eigenvalue weighted by Crippen LogP contribution is 2.27. The minimum absolute atomic E-state index is 0.0672. The molecule has 31 heavy (non-hydrogen) atoms. The quantitative estimate of drug-likeness (QED) is 0.691. The first kappa shape index (κ1) is 21.6. The molecule has 1 saturated heterocycles. The number of para-hydroxylation sites is 1. The number of fused-ring (bicyclic) bond motifs is 1. The molecule has 7 heteroatoms. The molecule has 1 aliphatic carbocycles. The van der Waals surface area contributed by atoms with E-state index in [0.717, 1.165) is 68.9 Å². The number of rotatable bonds is 7. The van der Waals surface area contributed by atoms with Crippen LogP contribution >= 0.6 is 0 Å². The number of nitrogens with one attached hydrogen (secondary N) is 1. The van der Waals surface area contributed by atoms with E-state index in [0.29, 0.717) is 18.3 Å². The van der Waals surface area contributed by atoms with Crippen molar-refractivity contribution in [1.29, 1.82) is 0 Å². The number of benzene rings is 1. The van der Waals surface area contributed by atoms with Crippen molar-refractivity contribution in [1.82, 2.24) is 24.9 Å². The van der Waals surface area contributed by atoms with Gasteiger partial charge < -0.3 is 19.9 Å². The van der Waals surface area contributed by atoms with Gasteiger partial charge in [-0.2, -0.15) is 5.10 Å². The van der Waals surface area contributed by atoms with E-state index in [1.807, 2.05) is 33.9 Å². The lowest BCUT2D eigenvalue weighted by atomic mass is 9.90. The molecule has 1 aromatic carbocycles. The predicted molar refractivity (Wildman–Crippen MR) is 121 cm³/mol. The number of ether oxygens (including phenoxy) is 1. The zero-order chi connectivity index (χ0) is 21.8. The molecule has 2 aromatic rings. The first-order valence-electron chi connectivity index (χ1n) is 11.1. The topological polar surface area (TPSA) is 62.6 Å². The monoisotopic (exact) mass is 423 g/mol. The Morgan fingerprint density at radius 2 is 2.06 bits per heavy atom. The number of aromatic nitrogens is 2. The average molecular weight is 424 g/mol. The molecule has 1 amide bonds. The summed E-state index contributed by atoms with van der Waals surface area (Å²) in [5.41, 5.74) is 4.07. The van der Waals surface area contributed by atoms with Crippen molar-refractivity contribution < 1.29 is 9.53 Å². The van der Waals surface area contributed by atoms with Crippen LogP contribution in [0.5, 0.6) is 5.75 Å². The van der Waals surface area contributed by atoms with Gasteiger partial charge in [0.1, 0.15) is 5.75 Å². The summed E-state index contributed by atoms with van der Waals surface area (Å²) < 4.78 is 7.45. The molecule has 7 nitrogen and oxygen atoms in total. The molecule has 1 unspecified atom stereocenters. The number of carbonyl (C=O) groups excluding carboxylic acids is 1. The van der Waals surface area contributed by atoms with Gasteiger partial charge in [0.25, 0.3) is 5.91 Å². The first-order valence-corrected chi connectivity index (χ1v) is 11.1. The number of carbonyl (C=O) groups is 1. The lowest BCUT2D eigenvalue weighted by Crippen LogP contribution is -2.47. The van der Waals surface area contributed by atoms with Crippen molar-refractivity contribution in [3.05, 3.63) is 59.4 Å². The van der Waals surface area contributed by atoms with Crippen LogP contribution in [0.1, 0.15) is 33.7 Å². The third-order valence-corrected chi connectivity index (χ3v) is 6.42. The zero-order valence-electron chi connectivity index (χ0n) is 18.6. The van der Waals surface area contributed by atoms with Gasteiger partial charge in [0.2, 0.25) is 0 Å². The summed E-state index contributed by atoms with van der Waals surface area (Å²) in [5, 5.41) is 8.43. The SMILES string of the molecule is C=CCn1nc(C(=O)N2CCN(C)CC2)c2c1CCC(NCc1ccccc1OC)C2. The number of methoxy groups -OCH3 is 1. The standard InChI is InChI=1S/C24H33N5O2/c1-4-11-29-21-10-9-19(25-17-18-7-5-6-8-22(18)31-3)16-20(21)23(26-29)24(30)28-14-12-27(2)13-15-28/h4-8,19,25H,1,9-17H2,2-3H3. The predicted octanol–water partition coefficient (Wildman–Crippen LogP) is 2.11. The Hall–Kier alpha value is -2.64. The van der Waals surface area contributed by atoms with Crippen LogP contribution in [0.2, 0.25) is 0 Å². The molecule has 1 atom stereocenters. The van der Waals surface area contributed by atoms with E-state index in [1.54, 1.807) is 7.11 Å². The fraction of sp³-hybridized carbons (Fsp3) is 0.500. The van der Waals surface area contributed by atoms with Gasteiger partial charge in [-0.1, -0.05) is 24.3 Å². The van der Waals surface area contributed by atoms with Gasteiger partial charge in [0.15, 0.2) is 5.69 Å². The Labute approximate surface area is 184 Å². The van der Waals surface area contributed by atoms with Crippen LogP contribution in [-0.2, 0) is 25.9 Å². The largest absolute Gasteiger partial charge is 0.496 e. The van der Waals surface area contributed by atoms with Crippen LogP contribution in [0.4, 0.5) is 0 Å². The smallest absolute Gasteiger partial charge is 0.274 e. The molecule has 0 radical (unpaired) electrons. The number of nitrogens with zero attached hydrogens (tertiary/aromatic N) is 4. The lowest BCUT2D eigenvalue weighted by molar-refractivity contribution is 0.0656. The molecule has 0 bridgehead atoms. The third-order valence-electron chi connectivity index (χ3n) is 6.42. The Bertz CT molecular complexity index is 930. The highest BCUT2D eigenvalue weighted by atomic mass is 16.5. The van der Waals surface area contributed by atoms with E-state index in [4.69, 9.17) is 9.84 Å². The van der Waals surface area contributed by atoms with Crippen molar-refractivity contribution in [3.63, 3.8) is 0 Å². The van der Waals surface area contributed by atoms with Gasteiger partial charge in [-0.15, -0.1) is 6.58 Å². The van der Waals surface area contributed by atoms with Crippen molar-refractivity contribution in [3.8, 4) is 5.75 Å². The summed E-state index contributed by atoms with van der Waals surface area (Å²) in [6.45, 7) is 8.57. The molecule has 0 spiro atoms. The molecular weight excluding hydrogens is 390 g/mol. The van der Waals surface area contributed by atoms with Gasteiger partial charge in [-0.05, 0) is 32.4 Å². The van der Waals surface area contributed by atoms with Gasteiger partial charge in [-0.3, -0.25) is 9.48 Å². The van der Waals surface area contributed by atoms with E-state index < -0.39 is 0 Å². The normalized spacial score (nSPS) is 19.2. The van der Waals surface area contributed by atoms with Gasteiger partial charge in [-0.25, -0.2) is 0 Å². The summed E-state index contributed by atoms with van der Waals surface area (Å²) in [4.78, 5) is 17.5. The summed E-state index contributed by atoms with van der Waals surface area (Å²) >= 11 is 0. The molecule has 2 heterocycles.